The van der Waals surface area contributed by atoms with Gasteiger partial charge in [-0.05, 0) is 64.4 Å². The van der Waals surface area contributed by atoms with Crippen LogP contribution in [0.5, 0.6) is 0 Å². The molecule has 0 aromatic carbocycles. The van der Waals surface area contributed by atoms with Gasteiger partial charge < -0.3 is 5.32 Å². The molecule has 0 aliphatic carbocycles. The van der Waals surface area contributed by atoms with Gasteiger partial charge in [-0.2, -0.15) is 0 Å². The van der Waals surface area contributed by atoms with Crippen molar-refractivity contribution in [3.8, 4) is 0 Å². The largest absolute Gasteiger partial charge is 0.317 e. The first-order valence-electron chi connectivity index (χ1n) is 7.13. The van der Waals surface area contributed by atoms with Gasteiger partial charge in [-0.15, -0.1) is 11.3 Å². The van der Waals surface area contributed by atoms with Gasteiger partial charge >= 0.3 is 0 Å². The van der Waals surface area contributed by atoms with Crippen LogP contribution in [0, 0.1) is 19.8 Å². The number of likely N-dealkylation sites (tertiary alicyclic amines) is 1. The molecule has 1 N–H and O–H groups in total. The van der Waals surface area contributed by atoms with E-state index in [0.717, 1.165) is 12.5 Å². The first-order valence-corrected chi connectivity index (χ1v) is 7.95. The lowest BCUT2D eigenvalue weighted by molar-refractivity contribution is 0.251. The SMILES string of the molecule is CCNCC1CCN(C(C)c2cc(C)sc2C)C1. The van der Waals surface area contributed by atoms with Crippen molar-refractivity contribution >= 4 is 11.3 Å². The molecule has 18 heavy (non-hydrogen) atoms. The van der Waals surface area contributed by atoms with Gasteiger partial charge in [0.1, 0.15) is 0 Å². The molecule has 2 unspecified atom stereocenters. The van der Waals surface area contributed by atoms with Crippen LogP contribution in [0.15, 0.2) is 6.07 Å². The summed E-state index contributed by atoms with van der Waals surface area (Å²) in [5, 5.41) is 3.48. The standard InChI is InChI=1S/C15H26N2S/c1-5-16-9-14-6-7-17(10-14)12(3)15-8-11(2)18-13(15)4/h8,12,14,16H,5-7,9-10H2,1-4H3. The van der Waals surface area contributed by atoms with Crippen LogP contribution < -0.4 is 5.32 Å². The highest BCUT2D eigenvalue weighted by Gasteiger charge is 2.27. The van der Waals surface area contributed by atoms with Crippen molar-refractivity contribution in [3.05, 3.63) is 21.4 Å². The van der Waals surface area contributed by atoms with Crippen LogP contribution in [0.25, 0.3) is 0 Å². The fourth-order valence-corrected chi connectivity index (χ4v) is 4.01. The maximum absolute atomic E-state index is 3.48. The summed E-state index contributed by atoms with van der Waals surface area (Å²) < 4.78 is 0. The Kier molecular flexibility index (Phi) is 4.82. The summed E-state index contributed by atoms with van der Waals surface area (Å²) in [5.41, 5.74) is 1.54. The van der Waals surface area contributed by atoms with Gasteiger partial charge in [0.05, 0.1) is 0 Å². The first kappa shape index (κ1) is 14.0. The average Bonchev–Trinajstić information content (AvgIpc) is 2.92. The Hall–Kier alpha value is -0.380. The number of hydrogen-bond acceptors (Lipinski definition) is 3. The van der Waals surface area contributed by atoms with Gasteiger partial charge in [-0.3, -0.25) is 4.90 Å². The number of nitrogens with zero attached hydrogens (tertiary/aromatic N) is 1. The molecule has 0 spiro atoms. The fraction of sp³-hybridized carbons (Fsp3) is 0.733. The normalized spacial score (nSPS) is 22.6. The van der Waals surface area contributed by atoms with Gasteiger partial charge in [-0.1, -0.05) is 6.92 Å². The van der Waals surface area contributed by atoms with Crippen molar-refractivity contribution in [2.24, 2.45) is 5.92 Å². The molecule has 1 aliphatic rings. The molecule has 3 heteroatoms. The molecule has 1 aromatic heterocycles. The Labute approximate surface area is 115 Å². The summed E-state index contributed by atoms with van der Waals surface area (Å²) in [6.45, 7) is 13.8. The summed E-state index contributed by atoms with van der Waals surface area (Å²) in [6, 6.07) is 2.96. The van der Waals surface area contributed by atoms with E-state index >= 15 is 0 Å². The summed E-state index contributed by atoms with van der Waals surface area (Å²) in [4.78, 5) is 5.59. The molecule has 2 heterocycles. The van der Waals surface area contributed by atoms with Crippen LogP contribution in [-0.2, 0) is 0 Å². The molecule has 0 amide bonds. The maximum Gasteiger partial charge on any atom is 0.0331 e. The monoisotopic (exact) mass is 266 g/mol. The van der Waals surface area contributed by atoms with Crippen molar-refractivity contribution in [3.63, 3.8) is 0 Å². The molecule has 0 radical (unpaired) electrons. The van der Waals surface area contributed by atoms with Gasteiger partial charge in [0.15, 0.2) is 0 Å². The van der Waals surface area contributed by atoms with Crippen molar-refractivity contribution in [1.82, 2.24) is 10.2 Å². The minimum Gasteiger partial charge on any atom is -0.317 e. The van der Waals surface area contributed by atoms with E-state index in [-0.39, 0.29) is 0 Å². The third kappa shape index (κ3) is 3.14. The molecule has 0 saturated carbocycles. The zero-order valence-corrected chi connectivity index (χ0v) is 12.9. The molecule has 1 fully saturated rings. The molecule has 1 saturated heterocycles. The van der Waals surface area contributed by atoms with Gasteiger partial charge in [-0.25, -0.2) is 0 Å². The molecular weight excluding hydrogens is 240 g/mol. The Balaban J connectivity index is 1.94. The highest BCUT2D eigenvalue weighted by Crippen LogP contribution is 2.32. The van der Waals surface area contributed by atoms with Crippen LogP contribution in [0.3, 0.4) is 0 Å². The van der Waals surface area contributed by atoms with E-state index in [1.807, 2.05) is 11.3 Å². The van der Waals surface area contributed by atoms with Crippen molar-refractivity contribution in [2.75, 3.05) is 26.2 Å². The Morgan fingerprint density at radius 2 is 2.28 bits per heavy atom. The number of aryl methyl sites for hydroxylation is 2. The van der Waals surface area contributed by atoms with E-state index in [1.54, 1.807) is 5.56 Å². The third-order valence-corrected chi connectivity index (χ3v) is 5.06. The van der Waals surface area contributed by atoms with Crippen molar-refractivity contribution < 1.29 is 0 Å². The third-order valence-electron chi connectivity index (χ3n) is 4.08. The number of thiophene rings is 1. The van der Waals surface area contributed by atoms with E-state index in [4.69, 9.17) is 0 Å². The quantitative estimate of drug-likeness (QED) is 0.879. The summed E-state index contributed by atoms with van der Waals surface area (Å²) >= 11 is 1.93. The maximum atomic E-state index is 3.48. The van der Waals surface area contributed by atoms with Gasteiger partial charge in [0.2, 0.25) is 0 Å². The summed E-state index contributed by atoms with van der Waals surface area (Å²) in [5.74, 6) is 0.840. The van der Waals surface area contributed by atoms with Crippen molar-refractivity contribution in [2.45, 2.75) is 40.2 Å². The van der Waals surface area contributed by atoms with Crippen molar-refractivity contribution in [1.29, 1.82) is 0 Å². The lowest BCUT2D eigenvalue weighted by Gasteiger charge is -2.24. The van der Waals surface area contributed by atoms with Crippen LogP contribution in [0.2, 0.25) is 0 Å². The van der Waals surface area contributed by atoms with Crippen LogP contribution in [0.1, 0.15) is 41.6 Å². The zero-order valence-electron chi connectivity index (χ0n) is 12.1. The molecule has 0 bridgehead atoms. The summed E-state index contributed by atoms with van der Waals surface area (Å²) in [6.07, 6.45) is 1.35. The predicted molar refractivity (Wildman–Crippen MR) is 80.4 cm³/mol. The second kappa shape index (κ2) is 6.18. The Bertz CT molecular complexity index is 386. The number of hydrogen-bond donors (Lipinski definition) is 1. The van der Waals surface area contributed by atoms with E-state index in [1.165, 1.54) is 35.8 Å². The first-order chi connectivity index (χ1) is 8.61. The predicted octanol–water partition coefficient (Wildman–Crippen LogP) is 3.36. The second-order valence-electron chi connectivity index (χ2n) is 5.50. The fourth-order valence-electron chi connectivity index (χ4n) is 2.99. The lowest BCUT2D eigenvalue weighted by Crippen LogP contribution is -2.28. The topological polar surface area (TPSA) is 15.3 Å². The molecule has 2 rings (SSSR count). The van der Waals surface area contributed by atoms with E-state index in [2.05, 4.69) is 44.0 Å². The molecular formula is C15H26N2S. The van der Waals surface area contributed by atoms with Gasteiger partial charge in [0, 0.05) is 22.3 Å². The highest BCUT2D eigenvalue weighted by molar-refractivity contribution is 7.12. The number of rotatable bonds is 5. The highest BCUT2D eigenvalue weighted by atomic mass is 32.1. The average molecular weight is 266 g/mol. The van der Waals surface area contributed by atoms with Crippen LogP contribution >= 0.6 is 11.3 Å². The minimum absolute atomic E-state index is 0.585. The van der Waals surface area contributed by atoms with Crippen LogP contribution in [0.4, 0.5) is 0 Å². The molecule has 1 aliphatic heterocycles. The van der Waals surface area contributed by atoms with Crippen LogP contribution in [-0.4, -0.2) is 31.1 Å². The zero-order chi connectivity index (χ0) is 13.1. The second-order valence-corrected chi connectivity index (χ2v) is 6.96. The number of nitrogens with one attached hydrogen (secondary N) is 1. The lowest BCUT2D eigenvalue weighted by atomic mass is 10.1. The van der Waals surface area contributed by atoms with Gasteiger partial charge in [0.25, 0.3) is 0 Å². The Morgan fingerprint density at radius 3 is 2.89 bits per heavy atom. The minimum atomic E-state index is 0.585. The smallest absolute Gasteiger partial charge is 0.0331 e. The van der Waals surface area contributed by atoms with E-state index in [0.29, 0.717) is 6.04 Å². The van der Waals surface area contributed by atoms with E-state index < -0.39 is 0 Å². The molecule has 102 valence electrons. The molecule has 2 atom stereocenters. The Morgan fingerprint density at radius 1 is 1.50 bits per heavy atom. The van der Waals surface area contributed by atoms with E-state index in [9.17, 15) is 0 Å². The summed E-state index contributed by atoms with van der Waals surface area (Å²) in [7, 11) is 0. The molecule has 1 aromatic rings. The molecule has 2 nitrogen and oxygen atoms in total.